The van der Waals surface area contributed by atoms with Crippen LogP contribution in [0.15, 0.2) is 6.20 Å². The van der Waals surface area contributed by atoms with Crippen LogP contribution in [0, 0.1) is 0 Å². The maximum absolute atomic E-state index is 9.76. The van der Waals surface area contributed by atoms with E-state index in [4.69, 9.17) is 4.74 Å². The Balaban J connectivity index is 1.71. The summed E-state index contributed by atoms with van der Waals surface area (Å²) in [6.45, 7) is 5.40. The van der Waals surface area contributed by atoms with Gasteiger partial charge in [0.1, 0.15) is 0 Å². The average molecular weight is 254 g/mol. The van der Waals surface area contributed by atoms with Crippen molar-refractivity contribution in [1.82, 2.24) is 20.3 Å². The second-order valence-electron chi connectivity index (χ2n) is 5.12. The Morgan fingerprint density at radius 2 is 2.33 bits per heavy atom. The number of nitrogens with zero attached hydrogens (tertiary/aromatic N) is 3. The van der Waals surface area contributed by atoms with Gasteiger partial charge in [-0.2, -0.15) is 0 Å². The summed E-state index contributed by atoms with van der Waals surface area (Å²) < 4.78 is 7.01. The standard InChI is InChI=1S/C12H22N4O2/c1-9(2)18-8-12(17)7-16-6-11(14-15-16)5-13-10-3-4-10/h6,9-10,12-13,17H,3-5,7-8H2,1-2H3. The molecule has 1 saturated carbocycles. The molecule has 0 spiro atoms. The van der Waals surface area contributed by atoms with Crippen LogP contribution in [0.4, 0.5) is 0 Å². The number of aliphatic hydroxyl groups excluding tert-OH is 1. The van der Waals surface area contributed by atoms with E-state index in [9.17, 15) is 5.11 Å². The summed E-state index contributed by atoms with van der Waals surface area (Å²) in [4.78, 5) is 0. The van der Waals surface area contributed by atoms with Crippen LogP contribution in [0.3, 0.4) is 0 Å². The molecule has 0 radical (unpaired) electrons. The van der Waals surface area contributed by atoms with Crippen LogP contribution in [-0.2, 0) is 17.8 Å². The first-order valence-corrected chi connectivity index (χ1v) is 6.55. The molecular weight excluding hydrogens is 232 g/mol. The van der Waals surface area contributed by atoms with Gasteiger partial charge in [-0.1, -0.05) is 5.21 Å². The van der Waals surface area contributed by atoms with Crippen molar-refractivity contribution in [2.75, 3.05) is 6.61 Å². The number of hydrogen-bond donors (Lipinski definition) is 2. The number of nitrogens with one attached hydrogen (secondary N) is 1. The first-order valence-electron chi connectivity index (χ1n) is 6.55. The zero-order chi connectivity index (χ0) is 13.0. The van der Waals surface area contributed by atoms with Crippen molar-refractivity contribution in [2.24, 2.45) is 0 Å². The zero-order valence-corrected chi connectivity index (χ0v) is 11.0. The highest BCUT2D eigenvalue weighted by Gasteiger charge is 2.20. The van der Waals surface area contributed by atoms with Gasteiger partial charge in [0.15, 0.2) is 0 Å². The summed E-state index contributed by atoms with van der Waals surface area (Å²) >= 11 is 0. The Morgan fingerprint density at radius 1 is 1.56 bits per heavy atom. The lowest BCUT2D eigenvalue weighted by Crippen LogP contribution is -2.24. The highest BCUT2D eigenvalue weighted by molar-refractivity contribution is 4.94. The van der Waals surface area contributed by atoms with Crippen molar-refractivity contribution in [2.45, 2.75) is 58.0 Å². The fraction of sp³-hybridized carbons (Fsp3) is 0.833. The van der Waals surface area contributed by atoms with E-state index in [1.807, 2.05) is 20.0 Å². The van der Waals surface area contributed by atoms with E-state index in [2.05, 4.69) is 15.6 Å². The van der Waals surface area contributed by atoms with Crippen LogP contribution in [-0.4, -0.2) is 45.0 Å². The molecule has 18 heavy (non-hydrogen) atoms. The van der Waals surface area contributed by atoms with Gasteiger partial charge >= 0.3 is 0 Å². The van der Waals surface area contributed by atoms with E-state index in [0.717, 1.165) is 12.2 Å². The summed E-state index contributed by atoms with van der Waals surface area (Å²) in [7, 11) is 0. The highest BCUT2D eigenvalue weighted by Crippen LogP contribution is 2.18. The maximum Gasteiger partial charge on any atom is 0.0969 e. The van der Waals surface area contributed by atoms with Crippen molar-refractivity contribution in [3.8, 4) is 0 Å². The van der Waals surface area contributed by atoms with Crippen LogP contribution in [0.2, 0.25) is 0 Å². The number of ether oxygens (including phenoxy) is 1. The summed E-state index contributed by atoms with van der Waals surface area (Å²) in [5.41, 5.74) is 0.916. The molecule has 6 nitrogen and oxygen atoms in total. The molecule has 1 atom stereocenters. The van der Waals surface area contributed by atoms with Crippen molar-refractivity contribution < 1.29 is 9.84 Å². The number of aliphatic hydroxyl groups is 1. The summed E-state index contributed by atoms with van der Waals surface area (Å²) in [6.07, 6.45) is 3.99. The summed E-state index contributed by atoms with van der Waals surface area (Å²) in [5, 5.41) is 21.2. The average Bonchev–Trinajstić information content (AvgIpc) is 3.05. The van der Waals surface area contributed by atoms with Gasteiger partial charge < -0.3 is 15.2 Å². The zero-order valence-electron chi connectivity index (χ0n) is 11.0. The molecule has 1 aromatic rings. The van der Waals surface area contributed by atoms with Gasteiger partial charge in [0, 0.05) is 18.8 Å². The maximum atomic E-state index is 9.76. The molecule has 102 valence electrons. The number of aromatic nitrogens is 3. The predicted octanol–water partition coefficient (Wildman–Crippen LogP) is 0.316. The van der Waals surface area contributed by atoms with Crippen LogP contribution >= 0.6 is 0 Å². The predicted molar refractivity (Wildman–Crippen MR) is 67.0 cm³/mol. The normalized spacial score (nSPS) is 17.3. The smallest absolute Gasteiger partial charge is 0.0969 e. The lowest BCUT2D eigenvalue weighted by Gasteiger charge is -2.12. The summed E-state index contributed by atoms with van der Waals surface area (Å²) in [5.74, 6) is 0. The van der Waals surface area contributed by atoms with Gasteiger partial charge in [-0.3, -0.25) is 0 Å². The molecule has 1 heterocycles. The largest absolute Gasteiger partial charge is 0.389 e. The van der Waals surface area contributed by atoms with Crippen LogP contribution < -0.4 is 5.32 Å². The first kappa shape index (κ1) is 13.5. The second kappa shape index (κ2) is 6.26. The molecule has 0 aliphatic heterocycles. The molecule has 1 aliphatic carbocycles. The van der Waals surface area contributed by atoms with E-state index in [1.54, 1.807) is 4.68 Å². The van der Waals surface area contributed by atoms with E-state index in [1.165, 1.54) is 12.8 Å². The third-order valence-electron chi connectivity index (χ3n) is 2.76. The van der Waals surface area contributed by atoms with Crippen molar-refractivity contribution in [3.63, 3.8) is 0 Å². The van der Waals surface area contributed by atoms with E-state index in [0.29, 0.717) is 19.2 Å². The minimum absolute atomic E-state index is 0.133. The SMILES string of the molecule is CC(C)OCC(O)Cn1cc(CNC2CC2)nn1. The molecule has 0 saturated heterocycles. The fourth-order valence-electron chi connectivity index (χ4n) is 1.62. The minimum Gasteiger partial charge on any atom is -0.389 e. The van der Waals surface area contributed by atoms with Gasteiger partial charge in [-0.05, 0) is 26.7 Å². The van der Waals surface area contributed by atoms with E-state index >= 15 is 0 Å². The molecule has 0 amide bonds. The lowest BCUT2D eigenvalue weighted by atomic mass is 10.3. The molecule has 1 fully saturated rings. The Labute approximate surface area is 107 Å². The van der Waals surface area contributed by atoms with Gasteiger partial charge in [-0.25, -0.2) is 4.68 Å². The Kier molecular flexibility index (Phi) is 4.68. The third kappa shape index (κ3) is 4.72. The number of rotatable bonds is 8. The summed E-state index contributed by atoms with van der Waals surface area (Å²) in [6, 6.07) is 0.667. The lowest BCUT2D eigenvalue weighted by molar-refractivity contribution is -0.00221. The third-order valence-corrected chi connectivity index (χ3v) is 2.76. The number of hydrogen-bond acceptors (Lipinski definition) is 5. The van der Waals surface area contributed by atoms with Crippen LogP contribution in [0.25, 0.3) is 0 Å². The van der Waals surface area contributed by atoms with Gasteiger partial charge in [0.25, 0.3) is 0 Å². The van der Waals surface area contributed by atoms with Crippen LogP contribution in [0.5, 0.6) is 0 Å². The molecule has 2 N–H and O–H groups in total. The van der Waals surface area contributed by atoms with Gasteiger partial charge in [-0.15, -0.1) is 5.10 Å². The van der Waals surface area contributed by atoms with E-state index < -0.39 is 6.10 Å². The molecule has 6 heteroatoms. The van der Waals surface area contributed by atoms with Crippen molar-refractivity contribution in [3.05, 3.63) is 11.9 Å². The molecule has 0 aromatic carbocycles. The molecule has 1 aromatic heterocycles. The topological polar surface area (TPSA) is 72.2 Å². The highest BCUT2D eigenvalue weighted by atomic mass is 16.5. The molecule has 2 rings (SSSR count). The van der Waals surface area contributed by atoms with Gasteiger partial charge in [0.2, 0.25) is 0 Å². The molecule has 1 aliphatic rings. The monoisotopic (exact) mass is 254 g/mol. The van der Waals surface area contributed by atoms with E-state index in [-0.39, 0.29) is 6.10 Å². The quantitative estimate of drug-likeness (QED) is 0.699. The minimum atomic E-state index is -0.543. The second-order valence-corrected chi connectivity index (χ2v) is 5.12. The Morgan fingerprint density at radius 3 is 3.00 bits per heavy atom. The Hall–Kier alpha value is -0.980. The van der Waals surface area contributed by atoms with Crippen molar-refractivity contribution >= 4 is 0 Å². The fourth-order valence-corrected chi connectivity index (χ4v) is 1.62. The Bertz CT molecular complexity index is 363. The molecule has 0 bridgehead atoms. The van der Waals surface area contributed by atoms with Crippen LogP contribution in [0.1, 0.15) is 32.4 Å². The van der Waals surface area contributed by atoms with Gasteiger partial charge in [0.05, 0.1) is 31.1 Å². The van der Waals surface area contributed by atoms with Crippen molar-refractivity contribution in [1.29, 1.82) is 0 Å². The molecule has 1 unspecified atom stereocenters. The molecular formula is C12H22N4O2. The first-order chi connectivity index (χ1) is 8.63.